The van der Waals surface area contributed by atoms with Gasteiger partial charge >= 0.3 is 5.97 Å². The number of nitrogens with two attached hydrogens (primary N) is 2. The van der Waals surface area contributed by atoms with Crippen molar-refractivity contribution in [3.05, 3.63) is 167 Å². The molecule has 1 atom stereocenters. The monoisotopic (exact) mass is 677 g/mol. The SMILES string of the molecule is N=C(N)c1ccc(CCc2nc3cc(OC(=O)C(CC(=O)[N]Cc4ccc(CN)cc4)c4ccccc4)ccc3n2CCc2ccccc2)cc1. The lowest BCUT2D eigenvalue weighted by Crippen LogP contribution is -2.25. The Morgan fingerprint density at radius 3 is 2.10 bits per heavy atom. The zero-order chi connectivity index (χ0) is 35.6. The number of aryl methyl sites for hydroxylation is 4. The van der Waals surface area contributed by atoms with Crippen molar-refractivity contribution in [2.45, 2.75) is 51.2 Å². The molecule has 1 aromatic heterocycles. The van der Waals surface area contributed by atoms with Gasteiger partial charge in [-0.25, -0.2) is 10.3 Å². The summed E-state index contributed by atoms with van der Waals surface area (Å²) in [5.41, 5.74) is 18.6. The van der Waals surface area contributed by atoms with Crippen molar-refractivity contribution in [3.63, 3.8) is 0 Å². The first-order valence-corrected chi connectivity index (χ1v) is 17.1. The minimum absolute atomic E-state index is 0.0440. The molecule has 9 heteroatoms. The van der Waals surface area contributed by atoms with Crippen molar-refractivity contribution in [1.29, 1.82) is 5.41 Å². The van der Waals surface area contributed by atoms with Gasteiger partial charge in [-0.05, 0) is 52.8 Å². The van der Waals surface area contributed by atoms with Gasteiger partial charge in [0.1, 0.15) is 17.4 Å². The second-order valence-electron chi connectivity index (χ2n) is 12.5. The molecule has 1 unspecified atom stereocenters. The first-order chi connectivity index (χ1) is 24.9. The standard InChI is InChI=1S/C42H41N6O3/c43-27-31-11-13-32(14-12-31)28-46-40(49)26-36(33-9-5-2-6-10-33)42(50)51-35-20-21-38-37(25-35)47-39(48(38)24-23-29-7-3-1-4-8-29)22-17-30-15-18-34(19-16-30)41(44)45/h1-16,18-21,25,36H,17,22-24,26-28,43H2,(H3,44,45). The van der Waals surface area contributed by atoms with Crippen LogP contribution in [0.15, 0.2) is 127 Å². The van der Waals surface area contributed by atoms with E-state index in [1.165, 1.54) is 5.56 Å². The van der Waals surface area contributed by atoms with Gasteiger partial charge in [0.2, 0.25) is 5.91 Å². The molecule has 5 aromatic carbocycles. The molecule has 9 nitrogen and oxygen atoms in total. The van der Waals surface area contributed by atoms with E-state index in [1.807, 2.05) is 103 Å². The van der Waals surface area contributed by atoms with Crippen LogP contribution in [0.1, 0.15) is 51.5 Å². The van der Waals surface area contributed by atoms with E-state index < -0.39 is 11.9 Å². The molecule has 0 fully saturated rings. The second kappa shape index (κ2) is 16.6. The zero-order valence-electron chi connectivity index (χ0n) is 28.4. The third-order valence-corrected chi connectivity index (χ3v) is 8.95. The van der Waals surface area contributed by atoms with Gasteiger partial charge in [-0.3, -0.25) is 15.0 Å². The highest BCUT2D eigenvalue weighted by Crippen LogP contribution is 2.27. The molecule has 0 saturated heterocycles. The van der Waals surface area contributed by atoms with E-state index in [0.29, 0.717) is 29.8 Å². The summed E-state index contributed by atoms with van der Waals surface area (Å²) in [5.74, 6) is -0.413. The van der Waals surface area contributed by atoms with E-state index in [-0.39, 0.29) is 24.7 Å². The maximum Gasteiger partial charge on any atom is 0.319 e. The van der Waals surface area contributed by atoms with Crippen molar-refractivity contribution >= 4 is 28.7 Å². The van der Waals surface area contributed by atoms with E-state index in [0.717, 1.165) is 52.9 Å². The number of fused-ring (bicyclic) bond motifs is 1. The third-order valence-electron chi connectivity index (χ3n) is 8.95. The van der Waals surface area contributed by atoms with Crippen molar-refractivity contribution < 1.29 is 14.3 Å². The van der Waals surface area contributed by atoms with Crippen LogP contribution >= 0.6 is 0 Å². The predicted octanol–water partition coefficient (Wildman–Crippen LogP) is 6.22. The van der Waals surface area contributed by atoms with Crippen LogP contribution in [0, 0.1) is 5.41 Å². The lowest BCUT2D eigenvalue weighted by atomic mass is 9.95. The Balaban J connectivity index is 1.19. The average Bonchev–Trinajstić information content (AvgIpc) is 3.51. The molecule has 6 aromatic rings. The summed E-state index contributed by atoms with van der Waals surface area (Å²) in [7, 11) is 0. The van der Waals surface area contributed by atoms with E-state index in [1.54, 1.807) is 12.1 Å². The minimum atomic E-state index is -0.828. The number of benzene rings is 5. The number of amidine groups is 1. The van der Waals surface area contributed by atoms with Crippen LogP contribution in [0.3, 0.4) is 0 Å². The summed E-state index contributed by atoms with van der Waals surface area (Å²) in [4.78, 5) is 31.8. The number of hydrogen-bond acceptors (Lipinski definition) is 6. The molecular formula is C42H41N6O3. The molecule has 1 heterocycles. The number of aromatic nitrogens is 2. The fourth-order valence-corrected chi connectivity index (χ4v) is 6.07. The number of nitrogen functional groups attached to an aromatic ring is 1. The number of rotatable bonds is 15. The maximum atomic E-state index is 13.7. The number of amides is 1. The highest BCUT2D eigenvalue weighted by atomic mass is 16.5. The summed E-state index contributed by atoms with van der Waals surface area (Å²) in [6, 6.07) is 40.4. The molecule has 1 radical (unpaired) electrons. The first-order valence-electron chi connectivity index (χ1n) is 17.1. The predicted molar refractivity (Wildman–Crippen MR) is 199 cm³/mol. The van der Waals surface area contributed by atoms with Gasteiger partial charge in [0.25, 0.3) is 0 Å². The molecule has 0 aliphatic rings. The Kier molecular flexibility index (Phi) is 11.3. The number of carbonyl (C=O) groups is 2. The first kappa shape index (κ1) is 34.8. The van der Waals surface area contributed by atoms with Gasteiger partial charge in [-0.2, -0.15) is 0 Å². The largest absolute Gasteiger partial charge is 0.426 e. The molecule has 6 rings (SSSR count). The van der Waals surface area contributed by atoms with Crippen LogP contribution in [-0.4, -0.2) is 27.3 Å². The Labute approximate surface area is 297 Å². The fourth-order valence-electron chi connectivity index (χ4n) is 6.07. The quantitative estimate of drug-likeness (QED) is 0.0508. The molecule has 0 aliphatic heterocycles. The summed E-state index contributed by atoms with van der Waals surface area (Å²) >= 11 is 0. The zero-order valence-corrected chi connectivity index (χ0v) is 28.4. The normalized spacial score (nSPS) is 11.6. The van der Waals surface area contributed by atoms with E-state index >= 15 is 0 Å². The lowest BCUT2D eigenvalue weighted by molar-refractivity contribution is -0.138. The third kappa shape index (κ3) is 9.14. The van der Waals surface area contributed by atoms with Crippen LogP contribution in [0.4, 0.5) is 0 Å². The average molecular weight is 678 g/mol. The molecular weight excluding hydrogens is 637 g/mol. The second-order valence-corrected chi connectivity index (χ2v) is 12.5. The number of nitrogens with zero attached hydrogens (tertiary/aromatic N) is 3. The van der Waals surface area contributed by atoms with Crippen LogP contribution in [0.25, 0.3) is 11.0 Å². The Hall–Kier alpha value is -6.06. The molecule has 5 N–H and O–H groups in total. The van der Waals surface area contributed by atoms with Gasteiger partial charge < -0.3 is 20.8 Å². The number of carbonyl (C=O) groups excluding carboxylic acids is 2. The van der Waals surface area contributed by atoms with E-state index in [4.69, 9.17) is 26.6 Å². The van der Waals surface area contributed by atoms with E-state index in [9.17, 15) is 9.59 Å². The van der Waals surface area contributed by atoms with Crippen molar-refractivity contribution in [2.24, 2.45) is 11.5 Å². The number of hydrogen-bond donors (Lipinski definition) is 3. The molecule has 257 valence electrons. The molecule has 0 bridgehead atoms. The highest BCUT2D eigenvalue weighted by molar-refractivity contribution is 5.94. The van der Waals surface area contributed by atoms with Crippen molar-refractivity contribution in [2.75, 3.05) is 0 Å². The summed E-state index contributed by atoms with van der Waals surface area (Å²) in [6.07, 6.45) is 2.17. The van der Waals surface area contributed by atoms with Gasteiger partial charge in [-0.15, -0.1) is 0 Å². The summed E-state index contributed by atoms with van der Waals surface area (Å²) in [5, 5.41) is 11.9. The van der Waals surface area contributed by atoms with Crippen molar-refractivity contribution in [3.8, 4) is 5.75 Å². The lowest BCUT2D eigenvalue weighted by Gasteiger charge is -2.16. The fraction of sp³-hybridized carbons (Fsp3) is 0.190. The van der Waals surface area contributed by atoms with Gasteiger partial charge in [0, 0.05) is 37.6 Å². The van der Waals surface area contributed by atoms with E-state index in [2.05, 4.69) is 22.0 Å². The number of ether oxygens (including phenoxy) is 1. The minimum Gasteiger partial charge on any atom is -0.426 e. The van der Waals surface area contributed by atoms with Gasteiger partial charge in [-0.1, -0.05) is 109 Å². The van der Waals surface area contributed by atoms with Gasteiger partial charge in [0.15, 0.2) is 0 Å². The smallest absolute Gasteiger partial charge is 0.319 e. The Morgan fingerprint density at radius 2 is 1.41 bits per heavy atom. The maximum absolute atomic E-state index is 13.7. The summed E-state index contributed by atoms with van der Waals surface area (Å²) < 4.78 is 8.18. The Morgan fingerprint density at radius 1 is 0.765 bits per heavy atom. The highest BCUT2D eigenvalue weighted by Gasteiger charge is 2.27. The number of nitrogens with one attached hydrogen (secondary N) is 1. The van der Waals surface area contributed by atoms with Gasteiger partial charge in [0.05, 0.1) is 23.5 Å². The molecule has 0 aliphatic carbocycles. The van der Waals surface area contributed by atoms with Crippen molar-refractivity contribution in [1.82, 2.24) is 14.9 Å². The molecule has 0 saturated carbocycles. The topological polar surface area (TPSA) is 151 Å². The van der Waals surface area contributed by atoms with Crippen LogP contribution in [0.5, 0.6) is 5.75 Å². The van der Waals surface area contributed by atoms with Crippen LogP contribution in [0.2, 0.25) is 0 Å². The summed E-state index contributed by atoms with van der Waals surface area (Å²) in [6.45, 7) is 1.40. The van der Waals surface area contributed by atoms with Crippen LogP contribution in [-0.2, 0) is 48.5 Å². The number of imidazole rings is 1. The molecule has 0 spiro atoms. The Bertz CT molecular complexity index is 2090. The molecule has 1 amide bonds. The molecule has 51 heavy (non-hydrogen) atoms. The number of esters is 1. The van der Waals surface area contributed by atoms with Crippen LogP contribution < -0.4 is 21.5 Å².